The lowest BCUT2D eigenvalue weighted by Crippen LogP contribution is -2.15. The van der Waals surface area contributed by atoms with E-state index in [1.807, 2.05) is 35.7 Å². The fraction of sp³-hybridized carbons (Fsp3) is 0.250. The first-order valence-electron chi connectivity index (χ1n) is 8.67. The normalized spacial score (nSPS) is 12.6. The maximum Gasteiger partial charge on any atom is 0.226 e. The summed E-state index contributed by atoms with van der Waals surface area (Å²) in [6.07, 6.45) is 1.06. The number of para-hydroxylation sites is 1. The SMILES string of the molecule is CCC(CNc1nc2ccccc2c2nc(C)nn12)c1ccccc1. The molecule has 0 spiro atoms. The Balaban J connectivity index is 1.70. The molecule has 1 N–H and O–H groups in total. The topological polar surface area (TPSA) is 55.1 Å². The molecule has 4 rings (SSSR count). The molecule has 0 aliphatic heterocycles. The summed E-state index contributed by atoms with van der Waals surface area (Å²) in [4.78, 5) is 9.35. The molecular formula is C20H21N5. The summed E-state index contributed by atoms with van der Waals surface area (Å²) in [5.41, 5.74) is 3.11. The average molecular weight is 331 g/mol. The van der Waals surface area contributed by atoms with E-state index in [9.17, 15) is 0 Å². The molecule has 0 aliphatic rings. The molecule has 0 saturated heterocycles. The molecule has 2 aromatic heterocycles. The number of benzene rings is 2. The van der Waals surface area contributed by atoms with Crippen LogP contribution in [0.4, 0.5) is 5.95 Å². The Morgan fingerprint density at radius 2 is 1.76 bits per heavy atom. The molecule has 2 heterocycles. The van der Waals surface area contributed by atoms with Gasteiger partial charge in [-0.15, -0.1) is 5.10 Å². The molecule has 0 fully saturated rings. The fourth-order valence-corrected chi connectivity index (χ4v) is 3.21. The molecule has 5 nitrogen and oxygen atoms in total. The van der Waals surface area contributed by atoms with Gasteiger partial charge < -0.3 is 5.32 Å². The molecule has 5 heteroatoms. The third kappa shape index (κ3) is 2.93. The number of rotatable bonds is 5. The van der Waals surface area contributed by atoms with Crippen molar-refractivity contribution in [3.8, 4) is 0 Å². The first-order valence-corrected chi connectivity index (χ1v) is 8.67. The van der Waals surface area contributed by atoms with Crippen LogP contribution in [0, 0.1) is 6.92 Å². The van der Waals surface area contributed by atoms with Gasteiger partial charge in [0.05, 0.1) is 5.52 Å². The second-order valence-electron chi connectivity index (χ2n) is 6.24. The second-order valence-corrected chi connectivity index (χ2v) is 6.24. The number of nitrogens with zero attached hydrogens (tertiary/aromatic N) is 4. The van der Waals surface area contributed by atoms with Crippen molar-refractivity contribution in [3.63, 3.8) is 0 Å². The Morgan fingerprint density at radius 3 is 2.56 bits per heavy atom. The Morgan fingerprint density at radius 1 is 1.00 bits per heavy atom. The zero-order valence-corrected chi connectivity index (χ0v) is 14.5. The van der Waals surface area contributed by atoms with Gasteiger partial charge in [-0.25, -0.2) is 9.97 Å². The summed E-state index contributed by atoms with van der Waals surface area (Å²) in [5.74, 6) is 1.91. The van der Waals surface area contributed by atoms with Gasteiger partial charge in [0.25, 0.3) is 0 Å². The quantitative estimate of drug-likeness (QED) is 0.596. The van der Waals surface area contributed by atoms with Crippen molar-refractivity contribution < 1.29 is 0 Å². The van der Waals surface area contributed by atoms with E-state index < -0.39 is 0 Å². The Hall–Kier alpha value is -2.95. The van der Waals surface area contributed by atoms with Crippen molar-refractivity contribution in [2.45, 2.75) is 26.2 Å². The lowest BCUT2D eigenvalue weighted by molar-refractivity contribution is 0.688. The first kappa shape index (κ1) is 15.6. The molecule has 25 heavy (non-hydrogen) atoms. The zero-order valence-electron chi connectivity index (χ0n) is 14.5. The van der Waals surface area contributed by atoms with E-state index in [4.69, 9.17) is 4.98 Å². The number of hydrogen-bond donors (Lipinski definition) is 1. The van der Waals surface area contributed by atoms with Crippen molar-refractivity contribution in [2.24, 2.45) is 0 Å². The van der Waals surface area contributed by atoms with Crippen LogP contribution in [0.25, 0.3) is 16.6 Å². The maximum absolute atomic E-state index is 4.77. The van der Waals surface area contributed by atoms with E-state index in [-0.39, 0.29) is 0 Å². The molecule has 0 aliphatic carbocycles. The van der Waals surface area contributed by atoms with Crippen LogP contribution in [0.15, 0.2) is 54.6 Å². The second kappa shape index (κ2) is 6.51. The average Bonchev–Trinajstić information content (AvgIpc) is 3.05. The minimum atomic E-state index is 0.425. The largest absolute Gasteiger partial charge is 0.353 e. The number of nitrogens with one attached hydrogen (secondary N) is 1. The number of anilines is 1. The smallest absolute Gasteiger partial charge is 0.226 e. The molecule has 0 radical (unpaired) electrons. The standard InChI is InChI=1S/C20H21N5/c1-3-15(16-9-5-4-6-10-16)13-21-20-23-18-12-8-7-11-17(18)19-22-14(2)24-25(19)20/h4-12,15H,3,13H2,1-2H3,(H,21,23). The minimum Gasteiger partial charge on any atom is -0.353 e. The summed E-state index contributed by atoms with van der Waals surface area (Å²) in [5, 5.41) is 9.03. The molecular weight excluding hydrogens is 310 g/mol. The van der Waals surface area contributed by atoms with Crippen LogP contribution < -0.4 is 5.32 Å². The van der Waals surface area contributed by atoms with Gasteiger partial charge in [0.1, 0.15) is 5.82 Å². The summed E-state index contributed by atoms with van der Waals surface area (Å²) in [7, 11) is 0. The molecule has 0 saturated carbocycles. The van der Waals surface area contributed by atoms with Gasteiger partial charge in [-0.05, 0) is 31.0 Å². The monoisotopic (exact) mass is 331 g/mol. The van der Waals surface area contributed by atoms with Crippen molar-refractivity contribution in [1.29, 1.82) is 0 Å². The molecule has 126 valence electrons. The molecule has 1 unspecified atom stereocenters. The Kier molecular flexibility index (Phi) is 4.06. The Labute approximate surface area is 146 Å². The highest BCUT2D eigenvalue weighted by molar-refractivity contribution is 5.92. The maximum atomic E-state index is 4.77. The number of aromatic nitrogens is 4. The number of fused-ring (bicyclic) bond motifs is 3. The Bertz CT molecular complexity index is 1010. The molecule has 0 amide bonds. The zero-order chi connectivity index (χ0) is 17.2. The third-order valence-corrected chi connectivity index (χ3v) is 4.56. The lowest BCUT2D eigenvalue weighted by Gasteiger charge is -2.17. The van der Waals surface area contributed by atoms with Crippen molar-refractivity contribution in [2.75, 3.05) is 11.9 Å². The molecule has 4 aromatic rings. The first-order chi connectivity index (χ1) is 12.3. The number of hydrogen-bond acceptors (Lipinski definition) is 4. The lowest BCUT2D eigenvalue weighted by atomic mass is 9.97. The van der Waals surface area contributed by atoms with Crippen LogP contribution in [0.5, 0.6) is 0 Å². The fourth-order valence-electron chi connectivity index (χ4n) is 3.21. The van der Waals surface area contributed by atoms with Crippen LogP contribution in [-0.2, 0) is 0 Å². The van der Waals surface area contributed by atoms with E-state index in [0.717, 1.165) is 41.3 Å². The highest BCUT2D eigenvalue weighted by Gasteiger charge is 2.14. The van der Waals surface area contributed by atoms with Gasteiger partial charge in [-0.1, -0.05) is 49.4 Å². The van der Waals surface area contributed by atoms with Gasteiger partial charge >= 0.3 is 0 Å². The van der Waals surface area contributed by atoms with Crippen LogP contribution in [0.1, 0.15) is 30.7 Å². The van der Waals surface area contributed by atoms with Crippen LogP contribution >= 0.6 is 0 Å². The van der Waals surface area contributed by atoms with E-state index in [0.29, 0.717) is 5.92 Å². The van der Waals surface area contributed by atoms with E-state index in [1.54, 1.807) is 0 Å². The van der Waals surface area contributed by atoms with Gasteiger partial charge in [-0.3, -0.25) is 0 Å². The summed E-state index contributed by atoms with van der Waals surface area (Å²) in [6.45, 7) is 4.92. The molecule has 2 aromatic carbocycles. The molecule has 0 bridgehead atoms. The van der Waals surface area contributed by atoms with Crippen molar-refractivity contribution in [1.82, 2.24) is 19.6 Å². The van der Waals surface area contributed by atoms with E-state index >= 15 is 0 Å². The van der Waals surface area contributed by atoms with Crippen LogP contribution in [0.3, 0.4) is 0 Å². The summed E-state index contributed by atoms with van der Waals surface area (Å²) in [6, 6.07) is 18.6. The number of aryl methyl sites for hydroxylation is 1. The summed E-state index contributed by atoms with van der Waals surface area (Å²) >= 11 is 0. The van der Waals surface area contributed by atoms with Crippen LogP contribution in [-0.4, -0.2) is 26.1 Å². The summed E-state index contributed by atoms with van der Waals surface area (Å²) < 4.78 is 1.81. The van der Waals surface area contributed by atoms with Crippen LogP contribution in [0.2, 0.25) is 0 Å². The predicted molar refractivity (Wildman–Crippen MR) is 101 cm³/mol. The predicted octanol–water partition coefficient (Wildman–Crippen LogP) is 4.19. The highest BCUT2D eigenvalue weighted by Crippen LogP contribution is 2.23. The van der Waals surface area contributed by atoms with E-state index in [2.05, 4.69) is 52.7 Å². The van der Waals surface area contributed by atoms with E-state index in [1.165, 1.54) is 5.56 Å². The van der Waals surface area contributed by atoms with Crippen molar-refractivity contribution >= 4 is 22.5 Å². The van der Waals surface area contributed by atoms with Gasteiger partial charge in [0, 0.05) is 17.8 Å². The van der Waals surface area contributed by atoms with Crippen molar-refractivity contribution in [3.05, 3.63) is 66.0 Å². The minimum absolute atomic E-state index is 0.425. The highest BCUT2D eigenvalue weighted by atomic mass is 15.4. The molecule has 1 atom stereocenters. The van der Waals surface area contributed by atoms with Gasteiger partial charge in [-0.2, -0.15) is 4.52 Å². The van der Waals surface area contributed by atoms with Gasteiger partial charge in [0.15, 0.2) is 5.65 Å². The van der Waals surface area contributed by atoms with Gasteiger partial charge in [0.2, 0.25) is 5.95 Å². The third-order valence-electron chi connectivity index (χ3n) is 4.56.